The third kappa shape index (κ3) is 5.93. The van der Waals surface area contributed by atoms with Gasteiger partial charge >= 0.3 is 5.69 Å². The maximum Gasteiger partial charge on any atom is 0.310 e. The summed E-state index contributed by atoms with van der Waals surface area (Å²) in [5, 5.41) is 13.7. The Morgan fingerprint density at radius 1 is 1.03 bits per heavy atom. The van der Waals surface area contributed by atoms with Crippen molar-refractivity contribution >= 4 is 27.3 Å². The number of nitrogens with one attached hydrogen (secondary N) is 1. The Balaban J connectivity index is 1.65. The first-order chi connectivity index (χ1) is 15.7. The molecule has 0 spiro atoms. The normalized spacial score (nSPS) is 12.2. The van der Waals surface area contributed by atoms with Crippen LogP contribution >= 0.6 is 0 Å². The Kier molecular flexibility index (Phi) is 7.41. The second-order valence-corrected chi connectivity index (χ2v) is 9.29. The third-order valence-corrected chi connectivity index (χ3v) is 6.63. The zero-order chi connectivity index (χ0) is 24.0. The lowest BCUT2D eigenvalue weighted by Gasteiger charge is -2.18. The first kappa shape index (κ1) is 23.9. The lowest BCUT2D eigenvalue weighted by atomic mass is 10.2. The molecule has 1 atom stereocenters. The molecule has 0 aromatic heterocycles. The van der Waals surface area contributed by atoms with Gasteiger partial charge in [-0.2, -0.15) is 4.31 Å². The fraction of sp³-hybridized carbons (Fsp3) is 0.174. The van der Waals surface area contributed by atoms with Crippen LogP contribution in [0.25, 0.3) is 0 Å². The van der Waals surface area contributed by atoms with Gasteiger partial charge in [0.15, 0.2) is 11.9 Å². The predicted octanol–water partition coefficient (Wildman–Crippen LogP) is 3.82. The van der Waals surface area contributed by atoms with E-state index in [0.717, 1.165) is 5.56 Å². The molecule has 33 heavy (non-hydrogen) atoms. The van der Waals surface area contributed by atoms with Gasteiger partial charge in [0.25, 0.3) is 5.91 Å². The highest BCUT2D eigenvalue weighted by Crippen LogP contribution is 2.27. The highest BCUT2D eigenvalue weighted by Gasteiger charge is 2.23. The van der Waals surface area contributed by atoms with Crippen molar-refractivity contribution in [1.82, 2.24) is 4.31 Å². The molecule has 9 nitrogen and oxygen atoms in total. The largest absolute Gasteiger partial charge is 0.474 e. The van der Waals surface area contributed by atoms with Gasteiger partial charge in [0.1, 0.15) is 0 Å². The minimum Gasteiger partial charge on any atom is -0.474 e. The minimum atomic E-state index is -3.72. The minimum absolute atomic E-state index is 0.0203. The molecular formula is C23H23N3O6S. The van der Waals surface area contributed by atoms with Gasteiger partial charge in [-0.3, -0.25) is 14.9 Å². The van der Waals surface area contributed by atoms with Crippen LogP contribution in [0.4, 0.5) is 11.4 Å². The average Bonchev–Trinajstić information content (AvgIpc) is 2.80. The summed E-state index contributed by atoms with van der Waals surface area (Å²) in [4.78, 5) is 23.1. The first-order valence-electron chi connectivity index (χ1n) is 10.00. The van der Waals surface area contributed by atoms with E-state index in [4.69, 9.17) is 4.74 Å². The average molecular weight is 470 g/mol. The number of amides is 1. The molecule has 1 N–H and O–H groups in total. The number of rotatable bonds is 9. The van der Waals surface area contributed by atoms with Gasteiger partial charge < -0.3 is 10.1 Å². The van der Waals surface area contributed by atoms with Crippen molar-refractivity contribution in [3.8, 4) is 5.75 Å². The van der Waals surface area contributed by atoms with Crippen molar-refractivity contribution in [3.63, 3.8) is 0 Å². The summed E-state index contributed by atoms with van der Waals surface area (Å²) in [6, 6.07) is 20.7. The van der Waals surface area contributed by atoms with Crippen LogP contribution in [0.3, 0.4) is 0 Å². The van der Waals surface area contributed by atoms with Gasteiger partial charge in [0.05, 0.1) is 9.82 Å². The number of nitro benzene ring substituents is 1. The summed E-state index contributed by atoms with van der Waals surface area (Å²) in [6.45, 7) is 1.69. The maximum absolute atomic E-state index is 12.8. The summed E-state index contributed by atoms with van der Waals surface area (Å²) in [6.07, 6.45) is -1.02. The molecule has 0 heterocycles. The highest BCUT2D eigenvalue weighted by molar-refractivity contribution is 7.89. The van der Waals surface area contributed by atoms with Crippen LogP contribution in [-0.4, -0.2) is 36.7 Å². The third-order valence-electron chi connectivity index (χ3n) is 4.81. The number of benzene rings is 3. The van der Waals surface area contributed by atoms with Crippen LogP contribution in [0.5, 0.6) is 5.75 Å². The molecule has 3 rings (SSSR count). The van der Waals surface area contributed by atoms with E-state index in [1.807, 2.05) is 30.3 Å². The fourth-order valence-electron chi connectivity index (χ4n) is 3.01. The van der Waals surface area contributed by atoms with Gasteiger partial charge in [-0.15, -0.1) is 0 Å². The molecule has 3 aromatic rings. The Morgan fingerprint density at radius 3 is 2.27 bits per heavy atom. The molecule has 0 fully saturated rings. The van der Waals surface area contributed by atoms with Crippen LogP contribution in [0.15, 0.2) is 83.8 Å². The quantitative estimate of drug-likeness (QED) is 0.376. The Labute approximate surface area is 191 Å². The summed E-state index contributed by atoms with van der Waals surface area (Å²) in [7, 11) is -2.22. The van der Waals surface area contributed by atoms with Gasteiger partial charge in [-0.1, -0.05) is 42.5 Å². The molecule has 0 saturated heterocycles. The van der Waals surface area contributed by atoms with Crippen molar-refractivity contribution < 1.29 is 22.9 Å². The summed E-state index contributed by atoms with van der Waals surface area (Å²) in [5.41, 5.74) is 0.981. The molecule has 1 unspecified atom stereocenters. The highest BCUT2D eigenvalue weighted by atomic mass is 32.2. The number of sulfonamides is 1. The number of nitrogens with zero attached hydrogens (tertiary/aromatic N) is 2. The molecule has 0 saturated carbocycles. The van der Waals surface area contributed by atoms with E-state index in [1.54, 1.807) is 6.07 Å². The van der Waals surface area contributed by atoms with E-state index >= 15 is 0 Å². The number of nitro groups is 1. The standard InChI is InChI=1S/C23H23N3O6S/c1-17(32-22-11-7-6-10-21(22)26(28)29)23(27)24-19-12-14-20(15-13-19)33(30,31)25(2)16-18-8-4-3-5-9-18/h3-15,17H,16H2,1-2H3,(H,24,27). The van der Waals surface area contributed by atoms with E-state index in [1.165, 1.54) is 60.7 Å². The van der Waals surface area contributed by atoms with Gasteiger partial charge in [-0.05, 0) is 42.8 Å². The molecule has 0 aliphatic rings. The van der Waals surface area contributed by atoms with E-state index in [9.17, 15) is 23.3 Å². The van der Waals surface area contributed by atoms with Crippen LogP contribution in [0.2, 0.25) is 0 Å². The van der Waals surface area contributed by atoms with E-state index < -0.39 is 27.0 Å². The number of hydrogen-bond donors (Lipinski definition) is 1. The zero-order valence-corrected chi connectivity index (χ0v) is 18.9. The molecule has 3 aromatic carbocycles. The zero-order valence-electron chi connectivity index (χ0n) is 18.0. The lowest BCUT2D eigenvalue weighted by molar-refractivity contribution is -0.386. The molecule has 10 heteroatoms. The second-order valence-electron chi connectivity index (χ2n) is 7.25. The van der Waals surface area contributed by atoms with Crippen molar-refractivity contribution in [2.75, 3.05) is 12.4 Å². The van der Waals surface area contributed by atoms with Crippen molar-refractivity contribution in [3.05, 3.63) is 94.5 Å². The topological polar surface area (TPSA) is 119 Å². The fourth-order valence-corrected chi connectivity index (χ4v) is 4.17. The summed E-state index contributed by atoms with van der Waals surface area (Å²) >= 11 is 0. The van der Waals surface area contributed by atoms with Crippen molar-refractivity contribution in [1.29, 1.82) is 0 Å². The molecule has 0 bridgehead atoms. The van der Waals surface area contributed by atoms with Crippen LogP contribution < -0.4 is 10.1 Å². The molecule has 172 valence electrons. The van der Waals surface area contributed by atoms with E-state index in [0.29, 0.717) is 5.69 Å². The van der Waals surface area contributed by atoms with Gasteiger partial charge in [-0.25, -0.2) is 8.42 Å². The Bertz CT molecular complexity index is 1230. The van der Waals surface area contributed by atoms with E-state index in [2.05, 4.69) is 5.32 Å². The molecule has 1 amide bonds. The number of anilines is 1. The number of carbonyl (C=O) groups excluding carboxylic acids is 1. The molecule has 0 radical (unpaired) electrons. The molecule has 0 aliphatic heterocycles. The summed E-state index contributed by atoms with van der Waals surface area (Å²) < 4.78 is 32.4. The van der Waals surface area contributed by atoms with Crippen molar-refractivity contribution in [2.24, 2.45) is 0 Å². The monoisotopic (exact) mass is 469 g/mol. The SMILES string of the molecule is CC(Oc1ccccc1[N+](=O)[O-])C(=O)Nc1ccc(S(=O)(=O)N(C)Cc2ccccc2)cc1. The smallest absolute Gasteiger partial charge is 0.310 e. The number of hydrogen-bond acceptors (Lipinski definition) is 6. The Hall–Kier alpha value is -3.76. The molecule has 0 aliphatic carbocycles. The predicted molar refractivity (Wildman–Crippen MR) is 123 cm³/mol. The van der Waals surface area contributed by atoms with Gasteiger partial charge in [0, 0.05) is 25.3 Å². The van der Waals surface area contributed by atoms with Crippen LogP contribution in [0.1, 0.15) is 12.5 Å². The maximum atomic E-state index is 12.8. The number of carbonyl (C=O) groups is 1. The number of ether oxygens (including phenoxy) is 1. The second kappa shape index (κ2) is 10.2. The molecular weight excluding hydrogens is 446 g/mol. The van der Waals surface area contributed by atoms with E-state index in [-0.39, 0.29) is 22.9 Å². The van der Waals surface area contributed by atoms with Crippen molar-refractivity contribution in [2.45, 2.75) is 24.5 Å². The lowest BCUT2D eigenvalue weighted by Crippen LogP contribution is -2.30. The summed E-state index contributed by atoms with van der Waals surface area (Å²) in [5.74, 6) is -0.557. The Morgan fingerprint density at radius 2 is 1.64 bits per heavy atom. The van der Waals surface area contributed by atoms with Crippen LogP contribution in [0, 0.1) is 10.1 Å². The van der Waals surface area contributed by atoms with Gasteiger partial charge in [0.2, 0.25) is 10.0 Å². The van der Waals surface area contributed by atoms with Crippen LogP contribution in [-0.2, 0) is 21.4 Å². The number of para-hydroxylation sites is 2. The first-order valence-corrected chi connectivity index (χ1v) is 11.4.